The van der Waals surface area contributed by atoms with Crippen molar-refractivity contribution in [2.45, 2.75) is 0 Å². The van der Waals surface area contributed by atoms with E-state index in [0.717, 1.165) is 0 Å². The maximum absolute atomic E-state index is 13.0. The summed E-state index contributed by atoms with van der Waals surface area (Å²) in [7, 11) is 4.50. The van der Waals surface area contributed by atoms with E-state index in [0.29, 0.717) is 28.4 Å². The standard InChI is InChI=1S/C24H20N4O7/c1-32-19-11-14(12-20(33-2)21(19)34-3)22-26-24(35-27-22)18-10-5-4-9-17(18)23(29)25-15-7-6-8-16(13-15)28(30)31/h4-13H,1-3H3,(H,25,29). The fraction of sp³-hybridized carbons (Fsp3) is 0.125. The van der Waals surface area contributed by atoms with Crippen LogP contribution in [0, 0.1) is 10.1 Å². The second-order valence-corrected chi connectivity index (χ2v) is 7.14. The number of hydrogen-bond donors (Lipinski definition) is 1. The lowest BCUT2D eigenvalue weighted by atomic mass is 10.1. The van der Waals surface area contributed by atoms with Gasteiger partial charge in [-0.1, -0.05) is 23.4 Å². The van der Waals surface area contributed by atoms with Crippen LogP contribution in [0.25, 0.3) is 22.8 Å². The van der Waals surface area contributed by atoms with Gasteiger partial charge in [0.1, 0.15) is 0 Å². The molecule has 0 unspecified atom stereocenters. The van der Waals surface area contributed by atoms with Gasteiger partial charge in [0, 0.05) is 23.4 Å². The van der Waals surface area contributed by atoms with Crippen LogP contribution in [0.4, 0.5) is 11.4 Å². The molecule has 11 nitrogen and oxygen atoms in total. The number of ether oxygens (including phenoxy) is 3. The van der Waals surface area contributed by atoms with Crippen molar-refractivity contribution in [1.82, 2.24) is 10.1 Å². The van der Waals surface area contributed by atoms with Crippen LogP contribution in [-0.2, 0) is 0 Å². The highest BCUT2D eigenvalue weighted by molar-refractivity contribution is 6.08. The second kappa shape index (κ2) is 9.91. The Morgan fingerprint density at radius 2 is 1.69 bits per heavy atom. The van der Waals surface area contributed by atoms with Crippen LogP contribution >= 0.6 is 0 Å². The quantitative estimate of drug-likeness (QED) is 0.286. The molecule has 1 heterocycles. The molecule has 0 atom stereocenters. The highest BCUT2D eigenvalue weighted by Crippen LogP contribution is 2.41. The number of hydrogen-bond acceptors (Lipinski definition) is 9. The highest BCUT2D eigenvalue weighted by atomic mass is 16.6. The summed E-state index contributed by atoms with van der Waals surface area (Å²) < 4.78 is 21.5. The van der Waals surface area contributed by atoms with Crippen molar-refractivity contribution in [3.63, 3.8) is 0 Å². The minimum atomic E-state index is -0.535. The number of aromatic nitrogens is 2. The van der Waals surface area contributed by atoms with Crippen LogP contribution in [0.15, 0.2) is 65.2 Å². The van der Waals surface area contributed by atoms with Crippen LogP contribution in [0.1, 0.15) is 10.4 Å². The molecule has 35 heavy (non-hydrogen) atoms. The van der Waals surface area contributed by atoms with Gasteiger partial charge in [0.2, 0.25) is 11.6 Å². The summed E-state index contributed by atoms with van der Waals surface area (Å²) in [6.07, 6.45) is 0. The van der Waals surface area contributed by atoms with Gasteiger partial charge in [0.25, 0.3) is 17.5 Å². The summed E-state index contributed by atoms with van der Waals surface area (Å²) in [5, 5.41) is 17.7. The van der Waals surface area contributed by atoms with E-state index in [1.54, 1.807) is 42.5 Å². The predicted octanol–water partition coefficient (Wildman–Crippen LogP) is 4.59. The van der Waals surface area contributed by atoms with Crippen molar-refractivity contribution < 1.29 is 28.5 Å². The normalized spacial score (nSPS) is 10.5. The topological polar surface area (TPSA) is 139 Å². The van der Waals surface area contributed by atoms with Crippen LogP contribution in [0.3, 0.4) is 0 Å². The molecule has 1 amide bonds. The van der Waals surface area contributed by atoms with Gasteiger partial charge in [0.15, 0.2) is 11.5 Å². The Morgan fingerprint density at radius 1 is 0.971 bits per heavy atom. The molecule has 4 aromatic rings. The number of amides is 1. The molecule has 1 aromatic heterocycles. The van der Waals surface area contributed by atoms with Crippen molar-refractivity contribution in [2.24, 2.45) is 0 Å². The van der Waals surface area contributed by atoms with E-state index in [1.165, 1.54) is 39.5 Å². The third kappa shape index (κ3) is 4.74. The lowest BCUT2D eigenvalue weighted by Crippen LogP contribution is -2.13. The zero-order chi connectivity index (χ0) is 24.9. The molecule has 0 radical (unpaired) electrons. The Morgan fingerprint density at radius 3 is 2.34 bits per heavy atom. The number of nitrogens with zero attached hydrogens (tertiary/aromatic N) is 3. The first-order chi connectivity index (χ1) is 16.9. The summed E-state index contributed by atoms with van der Waals surface area (Å²) >= 11 is 0. The van der Waals surface area contributed by atoms with E-state index in [9.17, 15) is 14.9 Å². The monoisotopic (exact) mass is 476 g/mol. The summed E-state index contributed by atoms with van der Waals surface area (Å²) in [5.41, 5.74) is 1.33. The van der Waals surface area contributed by atoms with Crippen LogP contribution < -0.4 is 19.5 Å². The van der Waals surface area contributed by atoms with E-state index in [4.69, 9.17) is 18.7 Å². The van der Waals surface area contributed by atoms with Gasteiger partial charge in [-0.05, 0) is 30.3 Å². The third-order valence-corrected chi connectivity index (χ3v) is 5.07. The van der Waals surface area contributed by atoms with Crippen molar-refractivity contribution in [3.8, 4) is 40.1 Å². The number of rotatable bonds is 8. The molecule has 0 fully saturated rings. The lowest BCUT2D eigenvalue weighted by molar-refractivity contribution is -0.384. The number of carbonyl (C=O) groups excluding carboxylic acids is 1. The summed E-state index contributed by atoms with van der Waals surface area (Å²) in [6, 6.07) is 15.7. The molecule has 0 bridgehead atoms. The Labute approximate surface area is 199 Å². The largest absolute Gasteiger partial charge is 0.493 e. The fourth-order valence-electron chi connectivity index (χ4n) is 3.42. The van der Waals surface area contributed by atoms with E-state index >= 15 is 0 Å². The van der Waals surface area contributed by atoms with Gasteiger partial charge in [-0.3, -0.25) is 14.9 Å². The SMILES string of the molecule is COc1cc(-c2noc(-c3ccccc3C(=O)Nc3cccc([N+](=O)[O-])c3)n2)cc(OC)c1OC. The van der Waals surface area contributed by atoms with Crippen LogP contribution in [-0.4, -0.2) is 42.3 Å². The number of non-ortho nitro benzene ring substituents is 1. The molecule has 4 rings (SSSR count). The number of methoxy groups -OCH3 is 3. The average molecular weight is 476 g/mol. The Kier molecular flexibility index (Phi) is 6.58. The minimum Gasteiger partial charge on any atom is -0.493 e. The molecular formula is C24H20N4O7. The molecule has 0 saturated carbocycles. The zero-order valence-electron chi connectivity index (χ0n) is 19.0. The smallest absolute Gasteiger partial charge is 0.271 e. The first kappa shape index (κ1) is 23.2. The lowest BCUT2D eigenvalue weighted by Gasteiger charge is -2.12. The van der Waals surface area contributed by atoms with Gasteiger partial charge in [-0.25, -0.2) is 0 Å². The molecule has 178 valence electrons. The Bertz CT molecular complexity index is 1380. The number of nitro groups is 1. The van der Waals surface area contributed by atoms with Crippen molar-refractivity contribution in [2.75, 3.05) is 26.6 Å². The molecular weight excluding hydrogens is 456 g/mol. The van der Waals surface area contributed by atoms with Gasteiger partial charge >= 0.3 is 0 Å². The molecule has 11 heteroatoms. The summed E-state index contributed by atoms with van der Waals surface area (Å²) in [5.74, 6) is 1.13. The Balaban J connectivity index is 1.67. The third-order valence-electron chi connectivity index (χ3n) is 5.07. The molecule has 0 aliphatic rings. The molecule has 0 aliphatic carbocycles. The van der Waals surface area contributed by atoms with Crippen molar-refractivity contribution in [1.29, 1.82) is 0 Å². The van der Waals surface area contributed by atoms with E-state index in [-0.39, 0.29) is 28.7 Å². The van der Waals surface area contributed by atoms with Gasteiger partial charge in [-0.15, -0.1) is 0 Å². The molecule has 0 aliphatic heterocycles. The average Bonchev–Trinajstić information content (AvgIpc) is 3.38. The number of nitro benzene ring substituents is 1. The van der Waals surface area contributed by atoms with Crippen molar-refractivity contribution >= 4 is 17.3 Å². The van der Waals surface area contributed by atoms with Gasteiger partial charge in [-0.2, -0.15) is 4.98 Å². The van der Waals surface area contributed by atoms with Crippen molar-refractivity contribution in [3.05, 3.63) is 76.3 Å². The second-order valence-electron chi connectivity index (χ2n) is 7.14. The first-order valence-corrected chi connectivity index (χ1v) is 10.2. The van der Waals surface area contributed by atoms with E-state index in [2.05, 4.69) is 15.5 Å². The highest BCUT2D eigenvalue weighted by Gasteiger charge is 2.21. The Hall–Kier alpha value is -4.93. The first-order valence-electron chi connectivity index (χ1n) is 10.2. The number of nitrogens with one attached hydrogen (secondary N) is 1. The zero-order valence-corrected chi connectivity index (χ0v) is 19.0. The number of benzene rings is 3. The number of carbonyl (C=O) groups is 1. The van der Waals surface area contributed by atoms with E-state index in [1.807, 2.05) is 0 Å². The van der Waals surface area contributed by atoms with E-state index < -0.39 is 10.8 Å². The maximum atomic E-state index is 13.0. The van der Waals surface area contributed by atoms with Crippen LogP contribution in [0.2, 0.25) is 0 Å². The van der Waals surface area contributed by atoms with Gasteiger partial charge < -0.3 is 24.1 Å². The molecule has 1 N–H and O–H groups in total. The molecule has 0 saturated heterocycles. The van der Waals surface area contributed by atoms with Crippen LogP contribution in [0.5, 0.6) is 17.2 Å². The fourth-order valence-corrected chi connectivity index (χ4v) is 3.42. The number of anilines is 1. The van der Waals surface area contributed by atoms with Gasteiger partial charge in [0.05, 0.1) is 37.4 Å². The minimum absolute atomic E-state index is 0.110. The molecule has 0 spiro atoms. The molecule has 3 aromatic carbocycles. The summed E-state index contributed by atoms with van der Waals surface area (Å²) in [6.45, 7) is 0. The maximum Gasteiger partial charge on any atom is 0.271 e. The predicted molar refractivity (Wildman–Crippen MR) is 126 cm³/mol. The summed E-state index contributed by atoms with van der Waals surface area (Å²) in [4.78, 5) is 27.9.